The SMILES string of the molecule is CCCNC(CCOC(=O)C(N)C(C)C)C(=O)O. The van der Waals surface area contributed by atoms with E-state index in [1.54, 1.807) is 0 Å². The Morgan fingerprint density at radius 1 is 1.39 bits per heavy atom. The van der Waals surface area contributed by atoms with Crippen LogP contribution in [0.15, 0.2) is 0 Å². The fraction of sp³-hybridized carbons (Fsp3) is 0.833. The van der Waals surface area contributed by atoms with E-state index in [1.165, 1.54) is 0 Å². The number of esters is 1. The number of aliphatic carboxylic acids is 1. The predicted molar refractivity (Wildman–Crippen MR) is 68.1 cm³/mol. The quantitative estimate of drug-likeness (QED) is 0.517. The molecule has 0 rings (SSSR count). The van der Waals surface area contributed by atoms with Gasteiger partial charge in [0.1, 0.15) is 12.1 Å². The second kappa shape index (κ2) is 8.88. The molecule has 6 nitrogen and oxygen atoms in total. The van der Waals surface area contributed by atoms with Gasteiger partial charge in [0, 0.05) is 6.42 Å². The van der Waals surface area contributed by atoms with Crippen molar-refractivity contribution in [1.29, 1.82) is 0 Å². The van der Waals surface area contributed by atoms with Gasteiger partial charge < -0.3 is 20.9 Å². The van der Waals surface area contributed by atoms with Crippen LogP contribution in [0.5, 0.6) is 0 Å². The van der Waals surface area contributed by atoms with Gasteiger partial charge >= 0.3 is 11.9 Å². The fourth-order valence-corrected chi connectivity index (χ4v) is 1.28. The van der Waals surface area contributed by atoms with E-state index in [9.17, 15) is 9.59 Å². The van der Waals surface area contributed by atoms with Crippen LogP contribution in [0.1, 0.15) is 33.6 Å². The molecule has 0 heterocycles. The summed E-state index contributed by atoms with van der Waals surface area (Å²) in [5.74, 6) is -1.41. The van der Waals surface area contributed by atoms with Gasteiger partial charge in [-0.25, -0.2) is 0 Å². The Morgan fingerprint density at radius 3 is 2.44 bits per heavy atom. The van der Waals surface area contributed by atoms with Crippen LogP contribution in [0.2, 0.25) is 0 Å². The minimum absolute atomic E-state index is 0.00554. The Balaban J connectivity index is 3.99. The first kappa shape index (κ1) is 16.9. The maximum atomic E-state index is 11.4. The number of nitrogens with two attached hydrogens (primary N) is 1. The third-order valence-electron chi connectivity index (χ3n) is 2.58. The van der Waals surface area contributed by atoms with Crippen molar-refractivity contribution >= 4 is 11.9 Å². The van der Waals surface area contributed by atoms with E-state index in [-0.39, 0.29) is 18.9 Å². The molecule has 4 N–H and O–H groups in total. The van der Waals surface area contributed by atoms with Crippen molar-refractivity contribution in [3.63, 3.8) is 0 Å². The second-order valence-corrected chi connectivity index (χ2v) is 4.57. The lowest BCUT2D eigenvalue weighted by molar-refractivity contribution is -0.148. The Morgan fingerprint density at radius 2 is 2.00 bits per heavy atom. The molecule has 0 aromatic carbocycles. The second-order valence-electron chi connectivity index (χ2n) is 4.57. The largest absolute Gasteiger partial charge is 0.480 e. The summed E-state index contributed by atoms with van der Waals surface area (Å²) in [5, 5.41) is 11.8. The summed E-state index contributed by atoms with van der Waals surface area (Å²) in [7, 11) is 0. The Hall–Kier alpha value is -1.14. The number of hydrogen-bond acceptors (Lipinski definition) is 5. The number of carboxylic acid groups (broad SMARTS) is 1. The van der Waals surface area contributed by atoms with Gasteiger partial charge in [0.05, 0.1) is 6.61 Å². The molecule has 106 valence electrons. The summed E-state index contributed by atoms with van der Waals surface area (Å²) < 4.78 is 4.96. The van der Waals surface area contributed by atoms with Crippen LogP contribution in [0.4, 0.5) is 0 Å². The number of ether oxygens (including phenoxy) is 1. The molecular weight excluding hydrogens is 236 g/mol. The zero-order chi connectivity index (χ0) is 14.1. The van der Waals surface area contributed by atoms with Crippen LogP contribution >= 0.6 is 0 Å². The first-order valence-corrected chi connectivity index (χ1v) is 6.28. The minimum atomic E-state index is -0.937. The van der Waals surface area contributed by atoms with Crippen LogP contribution in [0.3, 0.4) is 0 Å². The van der Waals surface area contributed by atoms with Gasteiger partial charge in [-0.3, -0.25) is 9.59 Å². The lowest BCUT2D eigenvalue weighted by Crippen LogP contribution is -2.40. The third-order valence-corrected chi connectivity index (χ3v) is 2.58. The average Bonchev–Trinajstić information content (AvgIpc) is 2.31. The maximum Gasteiger partial charge on any atom is 0.323 e. The van der Waals surface area contributed by atoms with Crippen LogP contribution in [0.25, 0.3) is 0 Å². The van der Waals surface area contributed by atoms with E-state index in [1.807, 2.05) is 20.8 Å². The summed E-state index contributed by atoms with van der Waals surface area (Å²) >= 11 is 0. The molecule has 0 aromatic heterocycles. The van der Waals surface area contributed by atoms with Crippen molar-refractivity contribution in [3.8, 4) is 0 Å². The molecule has 0 aliphatic heterocycles. The molecule has 2 unspecified atom stereocenters. The Labute approximate surface area is 108 Å². The minimum Gasteiger partial charge on any atom is -0.480 e. The van der Waals surface area contributed by atoms with Gasteiger partial charge in [0.25, 0.3) is 0 Å². The number of hydrogen-bond donors (Lipinski definition) is 3. The Kier molecular flexibility index (Phi) is 8.32. The zero-order valence-corrected chi connectivity index (χ0v) is 11.3. The van der Waals surface area contributed by atoms with Crippen molar-refractivity contribution < 1.29 is 19.4 Å². The van der Waals surface area contributed by atoms with Crippen molar-refractivity contribution in [3.05, 3.63) is 0 Å². The van der Waals surface area contributed by atoms with Crippen LogP contribution in [-0.4, -0.2) is 42.3 Å². The number of rotatable bonds is 9. The predicted octanol–water partition coefficient (Wildman–Crippen LogP) is 0.356. The summed E-state index contributed by atoms with van der Waals surface area (Å²) in [4.78, 5) is 22.3. The van der Waals surface area contributed by atoms with E-state index < -0.39 is 24.0 Å². The van der Waals surface area contributed by atoms with Gasteiger partial charge in [0.2, 0.25) is 0 Å². The van der Waals surface area contributed by atoms with Gasteiger partial charge in [-0.05, 0) is 18.9 Å². The van der Waals surface area contributed by atoms with Crippen molar-refractivity contribution in [2.75, 3.05) is 13.2 Å². The molecule has 0 amide bonds. The molecule has 0 saturated carbocycles. The van der Waals surface area contributed by atoms with Crippen molar-refractivity contribution in [2.24, 2.45) is 11.7 Å². The van der Waals surface area contributed by atoms with Crippen molar-refractivity contribution in [1.82, 2.24) is 5.32 Å². The molecule has 6 heteroatoms. The van der Waals surface area contributed by atoms with E-state index >= 15 is 0 Å². The molecule has 0 radical (unpaired) electrons. The van der Waals surface area contributed by atoms with Crippen molar-refractivity contribution in [2.45, 2.75) is 45.7 Å². The maximum absolute atomic E-state index is 11.4. The molecule has 0 saturated heterocycles. The van der Waals surface area contributed by atoms with Crippen LogP contribution in [-0.2, 0) is 14.3 Å². The average molecular weight is 260 g/mol. The van der Waals surface area contributed by atoms with Gasteiger partial charge in [-0.15, -0.1) is 0 Å². The zero-order valence-electron chi connectivity index (χ0n) is 11.3. The first-order chi connectivity index (χ1) is 8.40. The summed E-state index contributed by atoms with van der Waals surface area (Å²) in [5.41, 5.74) is 5.61. The highest BCUT2D eigenvalue weighted by atomic mass is 16.5. The number of carboxylic acids is 1. The van der Waals surface area contributed by atoms with Gasteiger partial charge in [-0.1, -0.05) is 20.8 Å². The number of carbonyl (C=O) groups is 2. The molecule has 0 aromatic rings. The summed E-state index contributed by atoms with van der Waals surface area (Å²) in [6.45, 7) is 6.29. The van der Waals surface area contributed by atoms with E-state index in [0.29, 0.717) is 6.54 Å². The van der Waals surface area contributed by atoms with Crippen LogP contribution in [0, 0.1) is 5.92 Å². The smallest absolute Gasteiger partial charge is 0.323 e. The highest BCUT2D eigenvalue weighted by molar-refractivity contribution is 5.76. The molecule has 0 fully saturated rings. The molecule has 0 spiro atoms. The number of carbonyl (C=O) groups excluding carboxylic acids is 1. The number of nitrogens with one attached hydrogen (secondary N) is 1. The molecule has 0 bridgehead atoms. The molecule has 0 aliphatic carbocycles. The highest BCUT2D eigenvalue weighted by Crippen LogP contribution is 2.02. The molecule has 18 heavy (non-hydrogen) atoms. The van der Waals surface area contributed by atoms with E-state index in [0.717, 1.165) is 6.42 Å². The van der Waals surface area contributed by atoms with E-state index in [4.69, 9.17) is 15.6 Å². The fourth-order valence-electron chi connectivity index (χ4n) is 1.28. The summed E-state index contributed by atoms with van der Waals surface area (Å²) in [6.07, 6.45) is 1.09. The van der Waals surface area contributed by atoms with Gasteiger partial charge in [0.15, 0.2) is 0 Å². The van der Waals surface area contributed by atoms with Gasteiger partial charge in [-0.2, -0.15) is 0 Å². The third kappa shape index (κ3) is 6.56. The highest BCUT2D eigenvalue weighted by Gasteiger charge is 2.20. The Bertz CT molecular complexity index is 269. The molecule has 0 aliphatic rings. The molecule has 2 atom stereocenters. The molecular formula is C12H24N2O4. The van der Waals surface area contributed by atoms with Crippen LogP contribution < -0.4 is 11.1 Å². The lowest BCUT2D eigenvalue weighted by atomic mass is 10.1. The first-order valence-electron chi connectivity index (χ1n) is 6.28. The standard InChI is InChI=1S/C12H24N2O4/c1-4-6-14-9(11(15)16)5-7-18-12(17)10(13)8(2)3/h8-10,14H,4-7,13H2,1-3H3,(H,15,16). The lowest BCUT2D eigenvalue weighted by Gasteiger charge is -2.17. The topological polar surface area (TPSA) is 102 Å². The normalized spacial score (nSPS) is 14.3. The monoisotopic (exact) mass is 260 g/mol. The summed E-state index contributed by atoms with van der Waals surface area (Å²) in [6, 6.07) is -1.34. The van der Waals surface area contributed by atoms with E-state index in [2.05, 4.69) is 5.32 Å².